The van der Waals surface area contributed by atoms with E-state index in [0.717, 1.165) is 37.8 Å². The first-order valence-corrected chi connectivity index (χ1v) is 10.3. The summed E-state index contributed by atoms with van der Waals surface area (Å²) < 4.78 is 44.3. The lowest BCUT2D eigenvalue weighted by Crippen LogP contribution is -2.49. The van der Waals surface area contributed by atoms with E-state index in [1.165, 1.54) is 12.3 Å². The van der Waals surface area contributed by atoms with Crippen molar-refractivity contribution in [1.82, 2.24) is 20.6 Å². The van der Waals surface area contributed by atoms with Crippen LogP contribution in [-0.2, 0) is 6.18 Å². The molecule has 0 aliphatic carbocycles. The summed E-state index contributed by atoms with van der Waals surface area (Å²) >= 11 is 0. The van der Waals surface area contributed by atoms with Crippen molar-refractivity contribution < 1.29 is 17.9 Å². The van der Waals surface area contributed by atoms with E-state index in [1.54, 1.807) is 6.20 Å². The second kappa shape index (κ2) is 12.7. The van der Waals surface area contributed by atoms with Gasteiger partial charge in [0.25, 0.3) is 0 Å². The van der Waals surface area contributed by atoms with E-state index >= 15 is 0 Å². The van der Waals surface area contributed by atoms with Crippen molar-refractivity contribution in [3.63, 3.8) is 0 Å². The van der Waals surface area contributed by atoms with E-state index in [-0.39, 0.29) is 43.2 Å². The van der Waals surface area contributed by atoms with E-state index < -0.39 is 17.6 Å². The highest BCUT2D eigenvalue weighted by atomic mass is 127. The summed E-state index contributed by atoms with van der Waals surface area (Å²) in [6.07, 6.45) is 0.422. The SMILES string of the molecule is CCNC(=NCCOc1ncccc1C(F)(F)F)NC1CCN(c2ccccn2)CC1.I. The van der Waals surface area contributed by atoms with Crippen molar-refractivity contribution in [3.05, 3.63) is 48.3 Å². The van der Waals surface area contributed by atoms with Gasteiger partial charge >= 0.3 is 6.18 Å². The molecule has 7 nitrogen and oxygen atoms in total. The lowest BCUT2D eigenvalue weighted by atomic mass is 10.1. The molecule has 3 heterocycles. The number of halogens is 4. The normalized spacial score (nSPS) is 15.1. The quantitative estimate of drug-likeness (QED) is 0.231. The zero-order valence-electron chi connectivity index (χ0n) is 17.8. The minimum absolute atomic E-state index is 0. The molecule has 0 radical (unpaired) electrons. The van der Waals surface area contributed by atoms with Gasteiger partial charge in [0.2, 0.25) is 5.88 Å². The number of hydrogen-bond donors (Lipinski definition) is 2. The van der Waals surface area contributed by atoms with Gasteiger partial charge in [-0.15, -0.1) is 24.0 Å². The largest absolute Gasteiger partial charge is 0.475 e. The Kier molecular flexibility index (Phi) is 10.3. The molecule has 3 rings (SSSR count). The predicted molar refractivity (Wildman–Crippen MR) is 129 cm³/mol. The molecule has 176 valence electrons. The first-order valence-electron chi connectivity index (χ1n) is 10.3. The molecule has 1 aliphatic rings. The third kappa shape index (κ3) is 7.68. The van der Waals surface area contributed by atoms with Crippen molar-refractivity contribution in [1.29, 1.82) is 0 Å². The summed E-state index contributed by atoms with van der Waals surface area (Å²) in [6, 6.07) is 8.33. The molecule has 2 aromatic heterocycles. The Balaban J connectivity index is 0.00000363. The Morgan fingerprint density at radius 1 is 1.16 bits per heavy atom. The molecule has 1 aliphatic heterocycles. The maximum absolute atomic E-state index is 13.0. The zero-order chi connectivity index (χ0) is 22.1. The second-order valence-corrected chi connectivity index (χ2v) is 7.06. The van der Waals surface area contributed by atoms with E-state index in [4.69, 9.17) is 4.74 Å². The number of guanidine groups is 1. The Labute approximate surface area is 202 Å². The lowest BCUT2D eigenvalue weighted by molar-refractivity contribution is -0.139. The molecule has 2 N–H and O–H groups in total. The maximum atomic E-state index is 13.0. The number of pyridine rings is 2. The minimum Gasteiger partial charge on any atom is -0.475 e. The highest BCUT2D eigenvalue weighted by Crippen LogP contribution is 2.34. The van der Waals surface area contributed by atoms with Crippen molar-refractivity contribution in [2.24, 2.45) is 4.99 Å². The van der Waals surface area contributed by atoms with Gasteiger partial charge in [-0.05, 0) is 44.0 Å². The van der Waals surface area contributed by atoms with Gasteiger partial charge in [-0.3, -0.25) is 0 Å². The molecule has 2 aromatic rings. The monoisotopic (exact) mass is 564 g/mol. The fourth-order valence-corrected chi connectivity index (χ4v) is 3.33. The average Bonchev–Trinajstić information content (AvgIpc) is 2.77. The van der Waals surface area contributed by atoms with Crippen LogP contribution in [0.2, 0.25) is 0 Å². The molecule has 1 fully saturated rings. The third-order valence-corrected chi connectivity index (χ3v) is 4.83. The molecular formula is C21H28F3IN6O. The predicted octanol–water partition coefficient (Wildman–Crippen LogP) is 3.72. The average molecular weight is 564 g/mol. The summed E-state index contributed by atoms with van der Waals surface area (Å²) in [7, 11) is 0. The summed E-state index contributed by atoms with van der Waals surface area (Å²) in [4.78, 5) is 14.8. The van der Waals surface area contributed by atoms with E-state index in [9.17, 15) is 13.2 Å². The summed E-state index contributed by atoms with van der Waals surface area (Å²) in [5.41, 5.74) is -0.885. The highest BCUT2D eigenvalue weighted by Gasteiger charge is 2.35. The van der Waals surface area contributed by atoms with Gasteiger partial charge in [0, 0.05) is 38.1 Å². The molecule has 0 spiro atoms. The van der Waals surface area contributed by atoms with Gasteiger partial charge in [0.15, 0.2) is 5.96 Å². The van der Waals surface area contributed by atoms with E-state index in [0.29, 0.717) is 12.5 Å². The molecule has 0 atom stereocenters. The van der Waals surface area contributed by atoms with Crippen LogP contribution in [0.15, 0.2) is 47.7 Å². The summed E-state index contributed by atoms with van der Waals surface area (Å²) in [5, 5.41) is 6.57. The van der Waals surface area contributed by atoms with Crippen LogP contribution in [0.1, 0.15) is 25.3 Å². The van der Waals surface area contributed by atoms with Gasteiger partial charge in [-0.1, -0.05) is 6.07 Å². The summed E-state index contributed by atoms with van der Waals surface area (Å²) in [5.74, 6) is 1.18. The number of aromatic nitrogens is 2. The number of rotatable bonds is 7. The molecular weight excluding hydrogens is 536 g/mol. The van der Waals surface area contributed by atoms with Crippen LogP contribution in [-0.4, -0.2) is 54.8 Å². The van der Waals surface area contributed by atoms with Crippen LogP contribution < -0.4 is 20.3 Å². The number of aliphatic imine (C=N–C) groups is 1. The van der Waals surface area contributed by atoms with Gasteiger partial charge in [0.1, 0.15) is 18.0 Å². The zero-order valence-corrected chi connectivity index (χ0v) is 20.1. The Morgan fingerprint density at radius 3 is 2.56 bits per heavy atom. The molecule has 0 saturated carbocycles. The topological polar surface area (TPSA) is 74.7 Å². The van der Waals surface area contributed by atoms with Crippen molar-refractivity contribution in [2.45, 2.75) is 32.0 Å². The van der Waals surface area contributed by atoms with Crippen molar-refractivity contribution >= 4 is 35.8 Å². The molecule has 0 aromatic carbocycles. The van der Waals surface area contributed by atoms with Crippen LogP contribution >= 0.6 is 24.0 Å². The van der Waals surface area contributed by atoms with Crippen molar-refractivity contribution in [2.75, 3.05) is 37.7 Å². The first kappa shape index (κ1) is 25.9. The molecule has 0 amide bonds. The number of ether oxygens (including phenoxy) is 1. The van der Waals surface area contributed by atoms with Crippen LogP contribution in [0, 0.1) is 0 Å². The van der Waals surface area contributed by atoms with Gasteiger partial charge < -0.3 is 20.3 Å². The van der Waals surface area contributed by atoms with Crippen LogP contribution in [0.25, 0.3) is 0 Å². The highest BCUT2D eigenvalue weighted by molar-refractivity contribution is 14.0. The van der Waals surface area contributed by atoms with Crippen LogP contribution in [0.3, 0.4) is 0 Å². The maximum Gasteiger partial charge on any atom is 0.421 e. The number of hydrogen-bond acceptors (Lipinski definition) is 5. The molecule has 1 saturated heterocycles. The molecule has 0 unspecified atom stereocenters. The van der Waals surface area contributed by atoms with E-state index in [1.807, 2.05) is 25.1 Å². The molecule has 32 heavy (non-hydrogen) atoms. The minimum atomic E-state index is -4.51. The Bertz CT molecular complexity index is 845. The number of piperidine rings is 1. The fourth-order valence-electron chi connectivity index (χ4n) is 3.33. The number of anilines is 1. The Morgan fingerprint density at radius 2 is 1.91 bits per heavy atom. The summed E-state index contributed by atoms with van der Waals surface area (Å²) in [6.45, 7) is 4.61. The number of alkyl halides is 3. The van der Waals surface area contributed by atoms with Gasteiger partial charge in [0.05, 0.1) is 6.54 Å². The lowest BCUT2D eigenvalue weighted by Gasteiger charge is -2.33. The first-order chi connectivity index (χ1) is 15.0. The number of nitrogens with zero attached hydrogens (tertiary/aromatic N) is 4. The fraction of sp³-hybridized carbons (Fsp3) is 0.476. The van der Waals surface area contributed by atoms with Gasteiger partial charge in [-0.2, -0.15) is 13.2 Å². The molecule has 11 heteroatoms. The van der Waals surface area contributed by atoms with Crippen molar-refractivity contribution in [3.8, 4) is 5.88 Å². The number of nitrogens with one attached hydrogen (secondary N) is 2. The molecule has 0 bridgehead atoms. The third-order valence-electron chi connectivity index (χ3n) is 4.83. The second-order valence-electron chi connectivity index (χ2n) is 7.06. The van der Waals surface area contributed by atoms with E-state index in [2.05, 4.69) is 30.5 Å². The standard InChI is InChI=1S/C21H27F3N6O.HI/c1-2-25-20(28-12-15-31-19-17(21(22,23)24)6-5-11-27-19)29-16-8-13-30(14-9-16)18-7-3-4-10-26-18;/h3-7,10-11,16H,2,8-9,12-15H2,1H3,(H2,25,28,29);1H. The smallest absolute Gasteiger partial charge is 0.421 e. The van der Waals surface area contributed by atoms with Gasteiger partial charge in [-0.25, -0.2) is 15.0 Å². The Hall–Kier alpha value is -2.31. The van der Waals surface area contributed by atoms with Crippen LogP contribution in [0.5, 0.6) is 5.88 Å². The van der Waals surface area contributed by atoms with Crippen LogP contribution in [0.4, 0.5) is 19.0 Å².